The predicted molar refractivity (Wildman–Crippen MR) is 92.3 cm³/mol. The summed E-state index contributed by atoms with van der Waals surface area (Å²) in [5, 5.41) is 9.34. The lowest BCUT2D eigenvalue weighted by Crippen LogP contribution is -2.33. The van der Waals surface area contributed by atoms with Gasteiger partial charge in [-0.05, 0) is 48.4 Å². The van der Waals surface area contributed by atoms with Gasteiger partial charge in [-0.2, -0.15) is 21.6 Å². The first-order valence-electron chi connectivity index (χ1n) is 8.44. The molecule has 0 saturated heterocycles. The third-order valence-corrected chi connectivity index (χ3v) is 5.44. The zero-order chi connectivity index (χ0) is 20.6. The first-order chi connectivity index (χ1) is 12.3. The highest BCUT2D eigenvalue weighted by atomic mass is 32.2. The van der Waals surface area contributed by atoms with Crippen LogP contribution >= 0.6 is 0 Å². The zero-order valence-electron chi connectivity index (χ0n) is 15.2. The summed E-state index contributed by atoms with van der Waals surface area (Å²) >= 11 is 0. The van der Waals surface area contributed by atoms with Gasteiger partial charge >= 0.3 is 21.7 Å². The van der Waals surface area contributed by atoms with Crippen LogP contribution in [0.2, 0.25) is 0 Å². The molecule has 1 aliphatic heterocycles. The van der Waals surface area contributed by atoms with Crippen LogP contribution in [0.1, 0.15) is 42.9 Å². The quantitative estimate of drug-likeness (QED) is 0.603. The molecule has 1 aromatic carbocycles. The molecule has 2 rings (SSSR count). The van der Waals surface area contributed by atoms with Crippen molar-refractivity contribution in [3.05, 3.63) is 28.8 Å². The normalized spacial score (nSPS) is 18.2. The number of alkyl halides is 3. The van der Waals surface area contributed by atoms with Gasteiger partial charge in [0, 0.05) is 19.0 Å². The number of benzene rings is 1. The van der Waals surface area contributed by atoms with Gasteiger partial charge in [0.25, 0.3) is 0 Å². The molecule has 0 aliphatic carbocycles. The summed E-state index contributed by atoms with van der Waals surface area (Å²) in [6, 6.07) is 2.89. The SMILES string of the molecule is Cc1cc2c(cc1OS(=O)(=O)C(F)(F)F)C(CC(C)C)CN(C(=O)O)CC2. The molecule has 0 radical (unpaired) electrons. The number of aryl methyl sites for hydroxylation is 1. The first-order valence-corrected chi connectivity index (χ1v) is 9.84. The maximum Gasteiger partial charge on any atom is 0.534 e. The summed E-state index contributed by atoms with van der Waals surface area (Å²) in [6.45, 7) is 5.82. The van der Waals surface area contributed by atoms with E-state index in [-0.39, 0.29) is 36.2 Å². The van der Waals surface area contributed by atoms with Crippen LogP contribution in [0.25, 0.3) is 0 Å². The molecule has 1 unspecified atom stereocenters. The van der Waals surface area contributed by atoms with Crippen molar-refractivity contribution in [2.24, 2.45) is 5.92 Å². The molecule has 6 nitrogen and oxygen atoms in total. The Labute approximate surface area is 156 Å². The average molecular weight is 409 g/mol. The van der Waals surface area contributed by atoms with Crippen molar-refractivity contribution in [1.29, 1.82) is 0 Å². The van der Waals surface area contributed by atoms with Crippen LogP contribution in [0.15, 0.2) is 12.1 Å². The topological polar surface area (TPSA) is 83.9 Å². The van der Waals surface area contributed by atoms with Gasteiger partial charge in [0.1, 0.15) is 5.75 Å². The van der Waals surface area contributed by atoms with E-state index >= 15 is 0 Å². The Hall–Kier alpha value is -1.97. The minimum Gasteiger partial charge on any atom is -0.465 e. The van der Waals surface area contributed by atoms with Crippen molar-refractivity contribution in [3.8, 4) is 5.75 Å². The number of carboxylic acid groups (broad SMARTS) is 1. The molecular formula is C17H22F3NO5S. The van der Waals surface area contributed by atoms with Crippen LogP contribution in [0.3, 0.4) is 0 Å². The smallest absolute Gasteiger partial charge is 0.465 e. The number of hydrogen-bond donors (Lipinski definition) is 1. The number of hydrogen-bond acceptors (Lipinski definition) is 4. The number of amides is 1. The van der Waals surface area contributed by atoms with Crippen molar-refractivity contribution >= 4 is 16.2 Å². The zero-order valence-corrected chi connectivity index (χ0v) is 16.0. The van der Waals surface area contributed by atoms with Crippen molar-refractivity contribution in [1.82, 2.24) is 4.90 Å². The molecule has 0 spiro atoms. The second-order valence-electron chi connectivity index (χ2n) is 7.10. The van der Waals surface area contributed by atoms with E-state index in [2.05, 4.69) is 4.18 Å². The van der Waals surface area contributed by atoms with Gasteiger partial charge in [0.2, 0.25) is 0 Å². The van der Waals surface area contributed by atoms with Crippen LogP contribution in [0.4, 0.5) is 18.0 Å². The molecule has 0 aromatic heterocycles. The Balaban J connectivity index is 2.49. The highest BCUT2D eigenvalue weighted by Crippen LogP contribution is 2.37. The maximum atomic E-state index is 12.7. The predicted octanol–water partition coefficient (Wildman–Crippen LogP) is 3.89. The van der Waals surface area contributed by atoms with Gasteiger partial charge in [-0.3, -0.25) is 0 Å². The summed E-state index contributed by atoms with van der Waals surface area (Å²) in [4.78, 5) is 12.7. The van der Waals surface area contributed by atoms with Crippen LogP contribution < -0.4 is 4.18 Å². The molecule has 0 saturated carbocycles. The molecule has 1 amide bonds. The average Bonchev–Trinajstić information content (AvgIpc) is 2.66. The van der Waals surface area contributed by atoms with Crippen LogP contribution in [0, 0.1) is 12.8 Å². The lowest BCUT2D eigenvalue weighted by atomic mass is 9.86. The molecule has 1 aliphatic rings. The van der Waals surface area contributed by atoms with Crippen molar-refractivity contribution < 1.29 is 35.7 Å². The van der Waals surface area contributed by atoms with E-state index in [4.69, 9.17) is 0 Å². The fourth-order valence-electron chi connectivity index (χ4n) is 3.27. The van der Waals surface area contributed by atoms with Gasteiger partial charge in [0.05, 0.1) is 0 Å². The first kappa shape index (κ1) is 21.3. The van der Waals surface area contributed by atoms with Gasteiger partial charge in [-0.1, -0.05) is 19.9 Å². The Kier molecular flexibility index (Phi) is 5.98. The van der Waals surface area contributed by atoms with E-state index < -0.39 is 21.7 Å². The number of halogens is 3. The molecular weight excluding hydrogens is 387 g/mol. The molecule has 0 bridgehead atoms. The van der Waals surface area contributed by atoms with Crippen LogP contribution in [0.5, 0.6) is 5.75 Å². The summed E-state index contributed by atoms with van der Waals surface area (Å²) in [7, 11) is -5.78. The summed E-state index contributed by atoms with van der Waals surface area (Å²) in [6.07, 6.45) is -0.0707. The van der Waals surface area contributed by atoms with Crippen LogP contribution in [-0.2, 0) is 16.5 Å². The van der Waals surface area contributed by atoms with Crippen LogP contribution in [-0.4, -0.2) is 43.1 Å². The molecule has 152 valence electrons. The molecule has 1 N–H and O–H groups in total. The molecule has 1 atom stereocenters. The highest BCUT2D eigenvalue weighted by Gasteiger charge is 2.48. The second-order valence-corrected chi connectivity index (χ2v) is 8.64. The molecule has 0 fully saturated rings. The highest BCUT2D eigenvalue weighted by molar-refractivity contribution is 7.88. The summed E-state index contributed by atoms with van der Waals surface area (Å²) in [5.74, 6) is -0.445. The van der Waals surface area contributed by atoms with Crippen molar-refractivity contribution in [3.63, 3.8) is 0 Å². The third kappa shape index (κ3) is 4.85. The molecule has 1 heterocycles. The van der Waals surface area contributed by atoms with E-state index in [9.17, 15) is 31.5 Å². The largest absolute Gasteiger partial charge is 0.534 e. The summed E-state index contributed by atoms with van der Waals surface area (Å²) < 4.78 is 65.1. The monoisotopic (exact) mass is 409 g/mol. The maximum absolute atomic E-state index is 12.7. The number of carbonyl (C=O) groups is 1. The van der Waals surface area contributed by atoms with E-state index in [1.54, 1.807) is 6.07 Å². The molecule has 1 aromatic rings. The minimum atomic E-state index is -5.78. The van der Waals surface area contributed by atoms with E-state index in [1.807, 2.05) is 13.8 Å². The van der Waals surface area contributed by atoms with Crippen molar-refractivity contribution in [2.75, 3.05) is 13.1 Å². The number of rotatable bonds is 4. The summed E-state index contributed by atoms with van der Waals surface area (Å²) in [5.41, 5.74) is -3.86. The van der Waals surface area contributed by atoms with Crippen molar-refractivity contribution in [2.45, 2.75) is 45.0 Å². The standard InChI is InChI=1S/C17H22F3NO5S/c1-10(2)6-13-9-21(16(22)23)5-4-12-7-11(3)15(8-14(12)13)26-27(24,25)17(18,19)20/h7-8,10,13H,4-6,9H2,1-3H3,(H,22,23). The minimum absolute atomic E-state index is 0.190. The van der Waals surface area contributed by atoms with Gasteiger partial charge in [-0.15, -0.1) is 0 Å². The lowest BCUT2D eigenvalue weighted by Gasteiger charge is -2.24. The molecule has 27 heavy (non-hydrogen) atoms. The molecule has 10 heteroatoms. The van der Waals surface area contributed by atoms with E-state index in [0.29, 0.717) is 18.4 Å². The van der Waals surface area contributed by atoms with Gasteiger partial charge in [0.15, 0.2) is 0 Å². The fourth-order valence-corrected chi connectivity index (χ4v) is 3.78. The third-order valence-electron chi connectivity index (χ3n) is 4.48. The fraction of sp³-hybridized carbons (Fsp3) is 0.588. The van der Waals surface area contributed by atoms with Gasteiger partial charge < -0.3 is 14.2 Å². The van der Waals surface area contributed by atoms with Gasteiger partial charge in [-0.25, -0.2) is 4.79 Å². The second kappa shape index (κ2) is 7.57. The lowest BCUT2D eigenvalue weighted by molar-refractivity contribution is -0.0500. The van der Waals surface area contributed by atoms with E-state index in [1.165, 1.54) is 17.9 Å². The Morgan fingerprint density at radius 3 is 2.52 bits per heavy atom. The Morgan fingerprint density at radius 2 is 2.00 bits per heavy atom. The Morgan fingerprint density at radius 1 is 1.37 bits per heavy atom. The number of fused-ring (bicyclic) bond motifs is 1. The Bertz CT molecular complexity index is 821. The number of nitrogens with zero attached hydrogens (tertiary/aromatic N) is 1. The van der Waals surface area contributed by atoms with E-state index in [0.717, 1.165) is 5.56 Å².